The molecule has 2 N–H and O–H groups in total. The van der Waals surface area contributed by atoms with Gasteiger partial charge >= 0.3 is 5.97 Å². The lowest BCUT2D eigenvalue weighted by Crippen LogP contribution is -2.30. The molecule has 0 aromatic heterocycles. The van der Waals surface area contributed by atoms with Crippen molar-refractivity contribution in [2.24, 2.45) is 0 Å². The third-order valence-corrected chi connectivity index (χ3v) is 12.0. The Morgan fingerprint density at radius 2 is 1.33 bits per heavy atom. The Hall–Kier alpha value is -3.97. The maximum absolute atomic E-state index is 14.6. The first-order chi connectivity index (χ1) is 23.2. The van der Waals surface area contributed by atoms with Gasteiger partial charge in [-0.1, -0.05) is 114 Å². The summed E-state index contributed by atoms with van der Waals surface area (Å²) in [6, 6.07) is 27.1. The first kappa shape index (κ1) is 36.3. The highest BCUT2D eigenvalue weighted by molar-refractivity contribution is 7.91. The van der Waals surface area contributed by atoms with Crippen LogP contribution in [0.1, 0.15) is 27.0 Å². The highest BCUT2D eigenvalue weighted by atomic mass is 35.5. The smallest absolute Gasteiger partial charge is 0.337 e. The number of carboxylic acid groups (broad SMARTS) is 1. The number of sulfonamides is 1. The van der Waals surface area contributed by atoms with Crippen molar-refractivity contribution in [1.29, 1.82) is 0 Å². The Kier molecular flexibility index (Phi) is 11.0. The minimum absolute atomic E-state index is 0.00402. The van der Waals surface area contributed by atoms with E-state index in [1.54, 1.807) is 36.4 Å². The van der Waals surface area contributed by atoms with Crippen LogP contribution in [-0.4, -0.2) is 43.1 Å². The normalized spacial score (nSPS) is 11.9. The zero-order valence-corrected chi connectivity index (χ0v) is 29.3. The molecule has 49 heavy (non-hydrogen) atoms. The number of rotatable bonds is 12. The van der Waals surface area contributed by atoms with E-state index in [0.717, 1.165) is 21.5 Å². The van der Waals surface area contributed by atoms with Gasteiger partial charge in [0.15, 0.2) is 15.6 Å². The van der Waals surface area contributed by atoms with Gasteiger partial charge in [0.05, 0.1) is 21.4 Å². The maximum Gasteiger partial charge on any atom is 0.337 e. The van der Waals surface area contributed by atoms with Crippen molar-refractivity contribution in [2.45, 2.75) is 29.3 Å². The van der Waals surface area contributed by atoms with Crippen LogP contribution in [0.4, 0.5) is 4.39 Å². The number of sulfone groups is 1. The van der Waals surface area contributed by atoms with E-state index in [4.69, 9.17) is 34.8 Å². The van der Waals surface area contributed by atoms with E-state index in [2.05, 4.69) is 0 Å². The number of hydrogen-bond acceptors (Lipinski definition) is 6. The molecule has 0 aliphatic carbocycles. The van der Waals surface area contributed by atoms with Crippen LogP contribution < -0.4 is 0 Å². The predicted octanol–water partition coefficient (Wildman–Crippen LogP) is 8.26. The quantitative estimate of drug-likeness (QED) is 0.131. The van der Waals surface area contributed by atoms with Crippen LogP contribution in [-0.2, 0) is 39.4 Å². The molecule has 5 aromatic rings. The number of halogens is 4. The summed E-state index contributed by atoms with van der Waals surface area (Å²) >= 11 is 18.0. The van der Waals surface area contributed by atoms with Gasteiger partial charge in [0, 0.05) is 18.1 Å². The second kappa shape index (κ2) is 14.9. The van der Waals surface area contributed by atoms with E-state index in [-0.39, 0.29) is 29.6 Å². The molecule has 0 heterocycles. The molecule has 0 atom stereocenters. The molecule has 254 valence electrons. The van der Waals surface area contributed by atoms with Crippen molar-refractivity contribution in [1.82, 2.24) is 4.31 Å². The minimum atomic E-state index is -4.42. The molecule has 0 spiro atoms. The van der Waals surface area contributed by atoms with Gasteiger partial charge in [-0.2, -0.15) is 4.31 Å². The Morgan fingerprint density at radius 3 is 2.00 bits per heavy atom. The van der Waals surface area contributed by atoms with E-state index in [9.17, 15) is 36.2 Å². The lowest BCUT2D eigenvalue weighted by molar-refractivity contribution is 0.0696. The molecule has 0 saturated heterocycles. The fourth-order valence-corrected chi connectivity index (χ4v) is 8.89. The van der Waals surface area contributed by atoms with Crippen LogP contribution >= 0.6 is 34.8 Å². The molecule has 5 rings (SSSR count). The van der Waals surface area contributed by atoms with Crippen molar-refractivity contribution < 1.29 is 36.2 Å². The standard InChI is InChI=1S/C35H27Cl3FNO7S2/c36-27-16-30(38)34(41)33(17-27)49(46,47)40(20-23-9-11-26(12-10-23)25-7-2-1-3-8-25)21-24-6-4-5-22(15-24)13-14-48(44,45)32-18-28(35(42)43)29(37)19-31(32)39/h1-12,15-19,41H,13-14,20-21H2,(H,42,43). The number of hydrogen-bond donors (Lipinski definition) is 2. The summed E-state index contributed by atoms with van der Waals surface area (Å²) < 4.78 is 70.0. The molecule has 5 aromatic carbocycles. The summed E-state index contributed by atoms with van der Waals surface area (Å²) in [4.78, 5) is 10.2. The molecular formula is C35H27Cl3FNO7S2. The number of phenolic OH excluding ortho intramolecular Hbond substituents is 1. The molecule has 8 nitrogen and oxygen atoms in total. The number of carbonyl (C=O) groups is 1. The van der Waals surface area contributed by atoms with Crippen molar-refractivity contribution >= 4 is 60.6 Å². The molecule has 0 fully saturated rings. The van der Waals surface area contributed by atoms with Crippen LogP contribution in [0.3, 0.4) is 0 Å². The second-order valence-corrected chi connectivity index (χ2v) is 16.3. The van der Waals surface area contributed by atoms with E-state index < -0.39 is 63.5 Å². The maximum atomic E-state index is 14.6. The summed E-state index contributed by atoms with van der Waals surface area (Å²) in [6.07, 6.45) is -0.0982. The minimum Gasteiger partial charge on any atom is -0.505 e. The molecule has 0 saturated carbocycles. The first-order valence-electron chi connectivity index (χ1n) is 14.5. The van der Waals surface area contributed by atoms with Crippen LogP contribution in [0.25, 0.3) is 11.1 Å². The monoisotopic (exact) mass is 761 g/mol. The van der Waals surface area contributed by atoms with Crippen molar-refractivity contribution in [3.63, 3.8) is 0 Å². The molecule has 14 heteroatoms. The number of carboxylic acids is 1. The molecule has 0 bridgehead atoms. The van der Waals surface area contributed by atoms with Gasteiger partial charge in [-0.25, -0.2) is 26.0 Å². The summed E-state index contributed by atoms with van der Waals surface area (Å²) in [6.45, 7) is -0.304. The number of aromatic hydroxyl groups is 1. The highest BCUT2D eigenvalue weighted by Gasteiger charge is 2.30. The Morgan fingerprint density at radius 1 is 0.694 bits per heavy atom. The molecule has 0 unspecified atom stereocenters. The van der Waals surface area contributed by atoms with Crippen LogP contribution in [0, 0.1) is 5.82 Å². The van der Waals surface area contributed by atoms with E-state index in [0.29, 0.717) is 28.8 Å². The van der Waals surface area contributed by atoms with Gasteiger partial charge < -0.3 is 10.2 Å². The van der Waals surface area contributed by atoms with E-state index >= 15 is 0 Å². The fourth-order valence-electron chi connectivity index (χ4n) is 5.12. The van der Waals surface area contributed by atoms with Crippen molar-refractivity contribution in [3.8, 4) is 16.9 Å². The number of aryl methyl sites for hydroxylation is 1. The van der Waals surface area contributed by atoms with E-state index in [1.165, 1.54) is 6.07 Å². The summed E-state index contributed by atoms with van der Waals surface area (Å²) in [5.74, 6) is -3.91. The average molecular weight is 763 g/mol. The largest absolute Gasteiger partial charge is 0.505 e. The summed E-state index contributed by atoms with van der Waals surface area (Å²) in [5.41, 5.74) is 2.98. The summed E-state index contributed by atoms with van der Waals surface area (Å²) in [5, 5.41) is 19.3. The van der Waals surface area contributed by atoms with Gasteiger partial charge in [-0.15, -0.1) is 0 Å². The van der Waals surface area contributed by atoms with Gasteiger partial charge in [0.2, 0.25) is 10.0 Å². The topological polar surface area (TPSA) is 129 Å². The fraction of sp³-hybridized carbons (Fsp3) is 0.114. The van der Waals surface area contributed by atoms with Crippen molar-refractivity contribution in [2.75, 3.05) is 5.75 Å². The van der Waals surface area contributed by atoms with Gasteiger partial charge in [0.25, 0.3) is 0 Å². The zero-order valence-electron chi connectivity index (χ0n) is 25.4. The third kappa shape index (κ3) is 8.43. The highest BCUT2D eigenvalue weighted by Crippen LogP contribution is 2.37. The van der Waals surface area contributed by atoms with Gasteiger partial charge in [-0.05, 0) is 58.5 Å². The predicted molar refractivity (Wildman–Crippen MR) is 187 cm³/mol. The average Bonchev–Trinajstić information content (AvgIpc) is 3.06. The molecule has 0 radical (unpaired) electrons. The number of phenols is 1. The number of benzene rings is 5. The molecule has 0 amide bonds. The lowest BCUT2D eigenvalue weighted by atomic mass is 10.0. The van der Waals surface area contributed by atoms with E-state index in [1.807, 2.05) is 42.5 Å². The van der Waals surface area contributed by atoms with Gasteiger partial charge in [0.1, 0.15) is 15.6 Å². The Labute approximate surface area is 297 Å². The third-order valence-electron chi connectivity index (χ3n) is 7.63. The van der Waals surface area contributed by atoms with Crippen LogP contribution in [0.5, 0.6) is 5.75 Å². The zero-order chi connectivity index (χ0) is 35.5. The van der Waals surface area contributed by atoms with Crippen LogP contribution in [0.2, 0.25) is 15.1 Å². The Bertz CT molecular complexity index is 2250. The van der Waals surface area contributed by atoms with Gasteiger partial charge in [-0.3, -0.25) is 0 Å². The number of aromatic carboxylic acids is 1. The molecule has 0 aliphatic heterocycles. The first-order valence-corrected chi connectivity index (χ1v) is 18.7. The molecule has 0 aliphatic rings. The lowest BCUT2D eigenvalue weighted by Gasteiger charge is -2.24. The number of nitrogens with zero attached hydrogens (tertiary/aromatic N) is 1. The summed E-state index contributed by atoms with van der Waals surface area (Å²) in [7, 11) is -8.71. The molecular weight excluding hydrogens is 736 g/mol. The van der Waals surface area contributed by atoms with Crippen molar-refractivity contribution in [3.05, 3.63) is 146 Å². The SMILES string of the molecule is O=C(O)c1cc(S(=O)(=O)CCc2cccc(CN(Cc3ccc(-c4ccccc4)cc3)S(=O)(=O)c3cc(Cl)cc(Cl)c3O)c2)c(F)cc1Cl. The Balaban J connectivity index is 1.44. The second-order valence-electron chi connectivity index (χ2n) is 11.0. The van der Waals surface area contributed by atoms with Crippen LogP contribution in [0.15, 0.2) is 113 Å².